The maximum atomic E-state index is 2.53. The summed E-state index contributed by atoms with van der Waals surface area (Å²) in [6.07, 6.45) is 3.44. The van der Waals surface area contributed by atoms with Crippen molar-refractivity contribution < 1.29 is 0 Å². The standard InChI is InChI=1S/C16H19N/c1-3-12-11-14(4-2)17-10-9-13-7-5-6-8-15(13)16(12)17/h5-8,11H,3-4,9-10H2,1-2H3. The van der Waals surface area contributed by atoms with Crippen LogP contribution in [0.3, 0.4) is 0 Å². The van der Waals surface area contributed by atoms with Gasteiger partial charge in [-0.2, -0.15) is 0 Å². The van der Waals surface area contributed by atoms with E-state index < -0.39 is 0 Å². The molecule has 0 spiro atoms. The molecule has 0 N–H and O–H groups in total. The minimum Gasteiger partial charge on any atom is -0.344 e. The Labute approximate surface area is 103 Å². The third kappa shape index (κ3) is 1.53. The van der Waals surface area contributed by atoms with Crippen LogP contribution in [-0.2, 0) is 25.8 Å². The number of nitrogens with zero attached hydrogens (tertiary/aromatic N) is 1. The molecule has 0 amide bonds. The van der Waals surface area contributed by atoms with Crippen molar-refractivity contribution in [2.75, 3.05) is 0 Å². The van der Waals surface area contributed by atoms with Crippen LogP contribution in [-0.4, -0.2) is 4.57 Å². The number of aryl methyl sites for hydroxylation is 3. The van der Waals surface area contributed by atoms with Gasteiger partial charge in [0, 0.05) is 17.8 Å². The Morgan fingerprint density at radius 2 is 1.94 bits per heavy atom. The van der Waals surface area contributed by atoms with E-state index in [1.807, 2.05) is 0 Å². The van der Waals surface area contributed by atoms with Gasteiger partial charge < -0.3 is 4.57 Å². The summed E-state index contributed by atoms with van der Waals surface area (Å²) in [4.78, 5) is 0. The van der Waals surface area contributed by atoms with Gasteiger partial charge in [0.15, 0.2) is 0 Å². The first kappa shape index (κ1) is 10.6. The first-order valence-electron chi connectivity index (χ1n) is 6.64. The molecular formula is C16H19N. The van der Waals surface area contributed by atoms with Crippen LogP contribution in [0.5, 0.6) is 0 Å². The molecule has 1 heteroatoms. The molecule has 2 aromatic rings. The molecule has 2 heterocycles. The lowest BCUT2D eigenvalue weighted by molar-refractivity contribution is 0.657. The van der Waals surface area contributed by atoms with Gasteiger partial charge in [0.1, 0.15) is 0 Å². The molecule has 1 aromatic carbocycles. The molecule has 0 atom stereocenters. The first-order valence-corrected chi connectivity index (χ1v) is 6.64. The summed E-state index contributed by atoms with van der Waals surface area (Å²) >= 11 is 0. The van der Waals surface area contributed by atoms with E-state index in [1.54, 1.807) is 0 Å². The van der Waals surface area contributed by atoms with Crippen molar-refractivity contribution in [3.63, 3.8) is 0 Å². The maximum absolute atomic E-state index is 2.53. The number of aromatic nitrogens is 1. The molecule has 1 aliphatic heterocycles. The van der Waals surface area contributed by atoms with E-state index in [0.717, 1.165) is 19.4 Å². The number of hydrogen-bond acceptors (Lipinski definition) is 0. The molecule has 88 valence electrons. The van der Waals surface area contributed by atoms with Crippen molar-refractivity contribution in [1.29, 1.82) is 0 Å². The first-order chi connectivity index (χ1) is 8.35. The topological polar surface area (TPSA) is 4.93 Å². The van der Waals surface area contributed by atoms with Crippen LogP contribution in [0, 0.1) is 0 Å². The molecule has 1 aromatic heterocycles. The van der Waals surface area contributed by atoms with Gasteiger partial charge in [0.25, 0.3) is 0 Å². The fourth-order valence-electron chi connectivity index (χ4n) is 3.00. The Morgan fingerprint density at radius 1 is 1.12 bits per heavy atom. The molecule has 0 fully saturated rings. The maximum Gasteiger partial charge on any atom is 0.0517 e. The average molecular weight is 225 g/mol. The smallest absolute Gasteiger partial charge is 0.0517 e. The summed E-state index contributed by atoms with van der Waals surface area (Å²) in [5.74, 6) is 0. The highest BCUT2D eigenvalue weighted by Crippen LogP contribution is 2.35. The molecule has 3 rings (SSSR count). The molecule has 0 bridgehead atoms. The van der Waals surface area contributed by atoms with Crippen molar-refractivity contribution >= 4 is 0 Å². The summed E-state index contributed by atoms with van der Waals surface area (Å²) in [6.45, 7) is 5.66. The van der Waals surface area contributed by atoms with Gasteiger partial charge in [0.05, 0.1) is 5.69 Å². The summed E-state index contributed by atoms with van der Waals surface area (Å²) in [5.41, 5.74) is 7.44. The van der Waals surface area contributed by atoms with E-state index in [9.17, 15) is 0 Å². The molecule has 0 aliphatic carbocycles. The highest BCUT2D eigenvalue weighted by molar-refractivity contribution is 5.70. The Balaban J connectivity index is 2.27. The van der Waals surface area contributed by atoms with Crippen LogP contribution in [0.4, 0.5) is 0 Å². The Bertz CT molecular complexity index is 549. The summed E-state index contributed by atoms with van der Waals surface area (Å²) in [5, 5.41) is 0. The molecule has 0 saturated carbocycles. The lowest BCUT2D eigenvalue weighted by atomic mass is 9.96. The van der Waals surface area contributed by atoms with Crippen LogP contribution in [0.1, 0.15) is 30.7 Å². The number of hydrogen-bond donors (Lipinski definition) is 0. The van der Waals surface area contributed by atoms with Crippen molar-refractivity contribution in [2.45, 2.75) is 39.7 Å². The van der Waals surface area contributed by atoms with Crippen molar-refractivity contribution in [2.24, 2.45) is 0 Å². The van der Waals surface area contributed by atoms with E-state index in [1.165, 1.54) is 34.5 Å². The number of rotatable bonds is 2. The van der Waals surface area contributed by atoms with Crippen molar-refractivity contribution in [1.82, 2.24) is 4.57 Å². The molecule has 1 nitrogen and oxygen atoms in total. The normalized spacial score (nSPS) is 13.3. The van der Waals surface area contributed by atoms with Crippen LogP contribution in [0.2, 0.25) is 0 Å². The molecule has 0 radical (unpaired) electrons. The van der Waals surface area contributed by atoms with E-state index >= 15 is 0 Å². The van der Waals surface area contributed by atoms with Gasteiger partial charge in [-0.1, -0.05) is 38.1 Å². The predicted octanol–water partition coefficient (Wildman–Crippen LogP) is 3.84. The van der Waals surface area contributed by atoms with Crippen LogP contribution < -0.4 is 0 Å². The monoisotopic (exact) mass is 225 g/mol. The quantitative estimate of drug-likeness (QED) is 0.732. The van der Waals surface area contributed by atoms with Gasteiger partial charge in [-0.3, -0.25) is 0 Å². The molecule has 0 saturated heterocycles. The Hall–Kier alpha value is -1.50. The fourth-order valence-corrected chi connectivity index (χ4v) is 3.00. The SMILES string of the molecule is CCc1cc(CC)n2c1-c1ccccc1CC2. The molecule has 1 aliphatic rings. The van der Waals surface area contributed by atoms with E-state index in [0.29, 0.717) is 0 Å². The van der Waals surface area contributed by atoms with E-state index in [-0.39, 0.29) is 0 Å². The van der Waals surface area contributed by atoms with Crippen LogP contribution >= 0.6 is 0 Å². The largest absolute Gasteiger partial charge is 0.344 e. The number of fused-ring (bicyclic) bond motifs is 3. The third-order valence-electron chi connectivity index (χ3n) is 3.88. The lowest BCUT2D eigenvalue weighted by Crippen LogP contribution is -2.13. The van der Waals surface area contributed by atoms with Crippen molar-refractivity contribution in [3.05, 3.63) is 47.2 Å². The van der Waals surface area contributed by atoms with E-state index in [2.05, 4.69) is 48.7 Å². The lowest BCUT2D eigenvalue weighted by Gasteiger charge is -2.22. The third-order valence-corrected chi connectivity index (χ3v) is 3.88. The zero-order valence-electron chi connectivity index (χ0n) is 10.7. The minimum atomic E-state index is 1.13. The second-order valence-corrected chi connectivity index (χ2v) is 4.78. The molecule has 0 unspecified atom stereocenters. The Kier molecular flexibility index (Phi) is 2.54. The molecule has 17 heavy (non-hydrogen) atoms. The number of benzene rings is 1. The summed E-state index contributed by atoms with van der Waals surface area (Å²) < 4.78 is 2.53. The fraction of sp³-hybridized carbons (Fsp3) is 0.375. The average Bonchev–Trinajstić information content (AvgIpc) is 2.77. The minimum absolute atomic E-state index is 1.13. The summed E-state index contributed by atoms with van der Waals surface area (Å²) in [6, 6.07) is 11.3. The van der Waals surface area contributed by atoms with Crippen LogP contribution in [0.15, 0.2) is 30.3 Å². The highest BCUT2D eigenvalue weighted by Gasteiger charge is 2.20. The zero-order valence-corrected chi connectivity index (χ0v) is 10.7. The highest BCUT2D eigenvalue weighted by atomic mass is 15.0. The Morgan fingerprint density at radius 3 is 2.71 bits per heavy atom. The summed E-state index contributed by atoms with van der Waals surface area (Å²) in [7, 11) is 0. The second-order valence-electron chi connectivity index (χ2n) is 4.78. The van der Waals surface area contributed by atoms with Crippen LogP contribution in [0.25, 0.3) is 11.3 Å². The van der Waals surface area contributed by atoms with Gasteiger partial charge in [-0.25, -0.2) is 0 Å². The van der Waals surface area contributed by atoms with Crippen molar-refractivity contribution in [3.8, 4) is 11.3 Å². The van der Waals surface area contributed by atoms with Gasteiger partial charge in [0.2, 0.25) is 0 Å². The van der Waals surface area contributed by atoms with E-state index in [4.69, 9.17) is 0 Å². The predicted molar refractivity (Wildman–Crippen MR) is 72.3 cm³/mol. The second kappa shape index (κ2) is 4.06. The van der Waals surface area contributed by atoms with Gasteiger partial charge in [-0.15, -0.1) is 0 Å². The molecular weight excluding hydrogens is 206 g/mol. The van der Waals surface area contributed by atoms with Gasteiger partial charge in [-0.05, 0) is 36.5 Å². The zero-order chi connectivity index (χ0) is 11.8. The van der Waals surface area contributed by atoms with Gasteiger partial charge >= 0.3 is 0 Å².